The second-order valence-electron chi connectivity index (χ2n) is 2.40. The number of aliphatic hydroxyl groups excluding tert-OH is 1. The molecule has 0 aliphatic carbocycles. The average Bonchev–Trinajstić information content (AvgIpc) is 2.01. The zero-order valence-corrected chi connectivity index (χ0v) is 9.32. The van der Waals surface area contributed by atoms with E-state index in [1.54, 1.807) is 0 Å². The molecule has 1 atom stereocenters. The van der Waals surface area contributed by atoms with Gasteiger partial charge < -0.3 is 0 Å². The summed E-state index contributed by atoms with van der Waals surface area (Å²) >= 11 is -0.136. The first-order valence-electron chi connectivity index (χ1n) is 3.73. The predicted molar refractivity (Wildman–Crippen MR) is 43.8 cm³/mol. The second kappa shape index (κ2) is 4.08. The number of rotatable bonds is 2. The van der Waals surface area contributed by atoms with Crippen molar-refractivity contribution < 1.29 is 26.6 Å². The molecule has 0 aromatic rings. The van der Waals surface area contributed by atoms with Gasteiger partial charge in [-0.1, -0.05) is 0 Å². The van der Waals surface area contributed by atoms with Gasteiger partial charge >= 0.3 is 82.7 Å². The first-order valence-corrected chi connectivity index (χ1v) is 6.22. The van der Waals surface area contributed by atoms with Crippen LogP contribution in [0.2, 0.25) is 0 Å². The number of aliphatic hydroxyl groups is 1. The van der Waals surface area contributed by atoms with E-state index in [0.29, 0.717) is 5.84 Å². The van der Waals surface area contributed by atoms with Crippen LogP contribution in [0, 0.1) is 0 Å². The zero-order chi connectivity index (χ0) is 9.14. The Morgan fingerprint density at radius 1 is 1.83 bits per heavy atom. The van der Waals surface area contributed by atoms with Gasteiger partial charge in [0.15, 0.2) is 0 Å². The van der Waals surface area contributed by atoms with Gasteiger partial charge in [-0.25, -0.2) is 0 Å². The predicted octanol–water partition coefficient (Wildman–Crippen LogP) is -3.14. The van der Waals surface area contributed by atoms with E-state index in [1.165, 1.54) is 0 Å². The zero-order valence-electron chi connectivity index (χ0n) is 7.16. The first-order chi connectivity index (χ1) is 5.65. The first kappa shape index (κ1) is 9.79. The number of hydrogen-bond acceptors (Lipinski definition) is 4. The molecule has 0 saturated heterocycles. The van der Waals surface area contributed by atoms with Crippen LogP contribution in [0.1, 0.15) is 13.8 Å². The van der Waals surface area contributed by atoms with Gasteiger partial charge in [-0.2, -0.15) is 0 Å². The Morgan fingerprint density at radius 2 is 2.50 bits per heavy atom. The Bertz CT molecular complexity index is 227. The molecular weight excluding hydrogens is 269 g/mol. The van der Waals surface area contributed by atoms with Crippen molar-refractivity contribution in [2.75, 3.05) is 4.43 Å². The van der Waals surface area contributed by atoms with E-state index >= 15 is 0 Å². The Kier molecular flexibility index (Phi) is 3.33. The topological polar surface area (TPSA) is 61.8 Å². The summed E-state index contributed by atoms with van der Waals surface area (Å²) in [4.78, 5) is 3.90. The van der Waals surface area contributed by atoms with Crippen LogP contribution in [0.25, 0.3) is 0 Å². The molecule has 0 saturated carbocycles. The van der Waals surface area contributed by atoms with Crippen molar-refractivity contribution in [2.45, 2.75) is 20.2 Å². The molecule has 0 bridgehead atoms. The van der Waals surface area contributed by atoms with E-state index in [-0.39, 0.29) is 21.5 Å². The van der Waals surface area contributed by atoms with Gasteiger partial charge in [0.25, 0.3) is 0 Å². The summed E-state index contributed by atoms with van der Waals surface area (Å²) in [6.07, 6.45) is 1.14. The van der Waals surface area contributed by atoms with Crippen molar-refractivity contribution in [1.82, 2.24) is 3.11 Å². The summed E-state index contributed by atoms with van der Waals surface area (Å²) in [6, 6.07) is 0. The molecule has 5 heteroatoms. The number of aliphatic imine (C=N–C) groups is 1. The molecule has 0 fully saturated rings. The van der Waals surface area contributed by atoms with Crippen molar-refractivity contribution in [1.29, 1.82) is 0 Å². The molecule has 0 amide bonds. The molecule has 0 spiro atoms. The molecule has 1 unspecified atom stereocenters. The molecule has 0 aromatic heterocycles. The van der Waals surface area contributed by atoms with Gasteiger partial charge in [-0.3, -0.25) is 0 Å². The van der Waals surface area contributed by atoms with Crippen LogP contribution >= 0.6 is 0 Å². The van der Waals surface area contributed by atoms with Crippen LogP contribution in [0.3, 0.4) is 0 Å². The van der Waals surface area contributed by atoms with Crippen molar-refractivity contribution in [3.8, 4) is 0 Å². The number of alkyl halides is 1. The Morgan fingerprint density at radius 3 is 3.08 bits per heavy atom. The summed E-state index contributed by atoms with van der Waals surface area (Å²) in [7, 11) is 0. The van der Waals surface area contributed by atoms with Crippen molar-refractivity contribution in [3.63, 3.8) is 0 Å². The second-order valence-corrected chi connectivity index (χ2v) is 5.73. The number of halogens is 1. The molecule has 4 nitrogen and oxygen atoms in total. The summed E-state index contributed by atoms with van der Waals surface area (Å²) in [5.74, 6) is 0.443. The number of hydrogen-bond donors (Lipinski definition) is 2. The minimum atomic E-state index is -0.749. The van der Waals surface area contributed by atoms with Crippen molar-refractivity contribution >= 4 is 5.84 Å². The van der Waals surface area contributed by atoms with Gasteiger partial charge in [0.05, 0.1) is 0 Å². The molecule has 1 heterocycles. The normalized spacial score (nSPS) is 23.9. The maximum absolute atomic E-state index is 9.43. The molecule has 1 rings (SSSR count). The van der Waals surface area contributed by atoms with Crippen LogP contribution < -0.4 is 27.2 Å². The van der Waals surface area contributed by atoms with E-state index in [0.717, 1.165) is 10.0 Å². The van der Waals surface area contributed by atoms with Crippen LogP contribution in [0.4, 0.5) is 0 Å². The van der Waals surface area contributed by atoms with E-state index < -0.39 is 6.35 Å². The summed E-state index contributed by atoms with van der Waals surface area (Å²) in [5.41, 5.74) is 6.47. The number of amidine groups is 1. The van der Waals surface area contributed by atoms with Crippen LogP contribution in [0.15, 0.2) is 16.8 Å². The Balaban J connectivity index is 2.70. The van der Waals surface area contributed by atoms with Crippen molar-refractivity contribution in [2.24, 2.45) is 10.7 Å². The van der Waals surface area contributed by atoms with E-state index in [1.807, 2.05) is 16.2 Å². The third kappa shape index (κ3) is 2.10. The van der Waals surface area contributed by atoms with Crippen LogP contribution in [-0.2, 0) is 0 Å². The van der Waals surface area contributed by atoms with E-state index in [2.05, 4.69) is 11.9 Å². The molecule has 3 N–H and O–H groups in total. The van der Waals surface area contributed by atoms with Gasteiger partial charge in [0.1, 0.15) is 0 Å². The molecule has 70 valence electrons. The molecular formula is C7H13IN3O-. The van der Waals surface area contributed by atoms with E-state index in [4.69, 9.17) is 5.73 Å². The molecule has 1 aliphatic heterocycles. The van der Waals surface area contributed by atoms with E-state index in [9.17, 15) is 5.11 Å². The van der Waals surface area contributed by atoms with Gasteiger partial charge in [0, 0.05) is 0 Å². The Hall–Kier alpha value is -0.300. The van der Waals surface area contributed by atoms with Gasteiger partial charge in [-0.05, 0) is 0 Å². The molecule has 1 aliphatic rings. The number of nitrogens with two attached hydrogens (primary N) is 1. The van der Waals surface area contributed by atoms with Gasteiger partial charge in [-0.15, -0.1) is 0 Å². The summed E-state index contributed by atoms with van der Waals surface area (Å²) in [6.45, 7) is 4.00. The summed E-state index contributed by atoms with van der Waals surface area (Å²) in [5, 5.41) is 9.43. The van der Waals surface area contributed by atoms with Crippen LogP contribution in [-0.4, -0.2) is 24.8 Å². The van der Waals surface area contributed by atoms with Gasteiger partial charge in [0.2, 0.25) is 0 Å². The SMILES string of the molecule is CC[I-]N1C=C(C)C(N)=NC1O. The third-order valence-corrected chi connectivity index (χ3v) is 3.70. The van der Waals surface area contributed by atoms with Crippen LogP contribution in [0.5, 0.6) is 0 Å². The fraction of sp³-hybridized carbons (Fsp3) is 0.571. The standard InChI is InChI=1S/C7H13IN3O/c1-3-8-11-4-5(2)6(9)10-7(11)12/h4,7,12H,3H2,1-2H3,(H2,9,10)/q-1. The van der Waals surface area contributed by atoms with Crippen molar-refractivity contribution in [3.05, 3.63) is 11.8 Å². The monoisotopic (exact) mass is 282 g/mol. The Labute approximate surface area is 82.8 Å². The summed E-state index contributed by atoms with van der Waals surface area (Å²) < 4.78 is 2.97. The molecule has 0 radical (unpaired) electrons. The fourth-order valence-electron chi connectivity index (χ4n) is 0.833. The third-order valence-electron chi connectivity index (χ3n) is 1.45. The molecule has 0 aromatic carbocycles. The maximum atomic E-state index is 9.43. The quantitative estimate of drug-likeness (QED) is 0.320. The number of nitrogens with zero attached hydrogens (tertiary/aromatic N) is 2. The molecule has 12 heavy (non-hydrogen) atoms. The average molecular weight is 282 g/mol. The minimum absolute atomic E-state index is 0.136. The fourth-order valence-corrected chi connectivity index (χ4v) is 2.71.